The lowest BCUT2D eigenvalue weighted by atomic mass is 9.97. The SMILES string of the molecule is O=C(CCc1ccccc1)C1=C(O)C(=O)N(c2ccc(Cl)cc2)C1c1cccs1. The maximum Gasteiger partial charge on any atom is 0.294 e. The zero-order valence-corrected chi connectivity index (χ0v) is 17.0. The molecule has 3 aromatic rings. The lowest BCUT2D eigenvalue weighted by molar-refractivity contribution is -0.118. The zero-order valence-electron chi connectivity index (χ0n) is 15.4. The molecule has 1 unspecified atom stereocenters. The Bertz CT molecular complexity index is 1060. The van der Waals surface area contributed by atoms with Crippen LogP contribution in [0.4, 0.5) is 5.69 Å². The number of carbonyl (C=O) groups excluding carboxylic acids is 2. The largest absolute Gasteiger partial charge is 0.503 e. The summed E-state index contributed by atoms with van der Waals surface area (Å²) in [5, 5.41) is 13.1. The minimum absolute atomic E-state index is 0.156. The topological polar surface area (TPSA) is 57.6 Å². The van der Waals surface area contributed by atoms with Gasteiger partial charge in [-0.3, -0.25) is 14.5 Å². The molecule has 6 heteroatoms. The zero-order chi connectivity index (χ0) is 20.4. The van der Waals surface area contributed by atoms with Gasteiger partial charge in [0, 0.05) is 22.0 Å². The van der Waals surface area contributed by atoms with Gasteiger partial charge in [-0.2, -0.15) is 0 Å². The predicted molar refractivity (Wildman–Crippen MR) is 115 cm³/mol. The maximum atomic E-state index is 13.1. The molecule has 0 saturated heterocycles. The second-order valence-corrected chi connectivity index (χ2v) is 8.16. The third kappa shape index (κ3) is 3.84. The van der Waals surface area contributed by atoms with E-state index >= 15 is 0 Å². The number of anilines is 1. The van der Waals surface area contributed by atoms with E-state index in [1.165, 1.54) is 16.2 Å². The Morgan fingerprint density at radius 1 is 1.03 bits per heavy atom. The van der Waals surface area contributed by atoms with E-state index in [4.69, 9.17) is 11.6 Å². The summed E-state index contributed by atoms with van der Waals surface area (Å²) in [4.78, 5) is 28.3. The highest BCUT2D eigenvalue weighted by molar-refractivity contribution is 7.10. The number of nitrogens with zero attached hydrogens (tertiary/aromatic N) is 1. The van der Waals surface area contributed by atoms with E-state index < -0.39 is 17.7 Å². The Balaban J connectivity index is 1.68. The van der Waals surface area contributed by atoms with E-state index in [2.05, 4.69) is 0 Å². The van der Waals surface area contributed by atoms with Crippen molar-refractivity contribution in [3.63, 3.8) is 0 Å². The Morgan fingerprint density at radius 3 is 2.41 bits per heavy atom. The Hall–Kier alpha value is -2.89. The van der Waals surface area contributed by atoms with Gasteiger partial charge in [0.25, 0.3) is 5.91 Å². The van der Waals surface area contributed by atoms with Crippen molar-refractivity contribution in [1.82, 2.24) is 0 Å². The molecule has 2 aromatic carbocycles. The fourth-order valence-electron chi connectivity index (χ4n) is 3.51. The number of rotatable bonds is 6. The van der Waals surface area contributed by atoms with Crippen LogP contribution in [0.5, 0.6) is 0 Å². The van der Waals surface area contributed by atoms with Crippen molar-refractivity contribution in [3.8, 4) is 0 Å². The number of aliphatic hydroxyl groups is 1. The fraction of sp³-hybridized carbons (Fsp3) is 0.130. The normalized spacial score (nSPS) is 16.5. The van der Waals surface area contributed by atoms with Gasteiger partial charge >= 0.3 is 0 Å². The number of halogens is 1. The smallest absolute Gasteiger partial charge is 0.294 e. The molecule has 1 aromatic heterocycles. The average molecular weight is 424 g/mol. The summed E-state index contributed by atoms with van der Waals surface area (Å²) >= 11 is 7.43. The molecule has 0 saturated carbocycles. The number of benzene rings is 2. The second-order valence-electron chi connectivity index (χ2n) is 6.74. The Morgan fingerprint density at radius 2 is 1.76 bits per heavy atom. The van der Waals surface area contributed by atoms with Crippen molar-refractivity contribution in [2.75, 3.05) is 4.90 Å². The first-order valence-corrected chi connectivity index (χ1v) is 10.4. The van der Waals surface area contributed by atoms with Gasteiger partial charge in [0.2, 0.25) is 0 Å². The molecular formula is C23H18ClNO3S. The molecule has 1 atom stereocenters. The third-order valence-corrected chi connectivity index (χ3v) is 6.09. The van der Waals surface area contributed by atoms with Crippen LogP contribution in [0.2, 0.25) is 5.02 Å². The minimum atomic E-state index is -0.646. The van der Waals surface area contributed by atoms with Crippen molar-refractivity contribution < 1.29 is 14.7 Å². The van der Waals surface area contributed by atoms with Crippen molar-refractivity contribution in [2.45, 2.75) is 18.9 Å². The van der Waals surface area contributed by atoms with Crippen LogP contribution in [-0.2, 0) is 16.0 Å². The monoisotopic (exact) mass is 423 g/mol. The lowest BCUT2D eigenvalue weighted by Crippen LogP contribution is -2.30. The molecular weight excluding hydrogens is 406 g/mol. The number of thiophene rings is 1. The van der Waals surface area contributed by atoms with Crippen molar-refractivity contribution in [2.24, 2.45) is 0 Å². The van der Waals surface area contributed by atoms with Gasteiger partial charge in [-0.05, 0) is 47.7 Å². The minimum Gasteiger partial charge on any atom is -0.503 e. The average Bonchev–Trinajstić information content (AvgIpc) is 3.35. The molecule has 0 fully saturated rings. The summed E-state index contributed by atoms with van der Waals surface area (Å²) in [6, 6.07) is 19.6. The molecule has 0 aliphatic carbocycles. The van der Waals surface area contributed by atoms with E-state index in [0.717, 1.165) is 10.4 Å². The molecule has 0 bridgehead atoms. The first-order valence-electron chi connectivity index (χ1n) is 9.19. The highest BCUT2D eigenvalue weighted by Crippen LogP contribution is 2.43. The van der Waals surface area contributed by atoms with E-state index in [9.17, 15) is 14.7 Å². The van der Waals surface area contributed by atoms with Crippen molar-refractivity contribution in [1.29, 1.82) is 0 Å². The van der Waals surface area contributed by atoms with Gasteiger partial charge in [-0.15, -0.1) is 11.3 Å². The van der Waals surface area contributed by atoms with Crippen LogP contribution in [0.25, 0.3) is 0 Å². The molecule has 1 amide bonds. The maximum absolute atomic E-state index is 13.1. The molecule has 1 N–H and O–H groups in total. The fourth-order valence-corrected chi connectivity index (χ4v) is 4.46. The summed E-state index contributed by atoms with van der Waals surface area (Å²) < 4.78 is 0. The van der Waals surface area contributed by atoms with Gasteiger partial charge < -0.3 is 5.11 Å². The second kappa shape index (κ2) is 8.23. The number of amides is 1. The number of ketones is 1. The molecule has 29 heavy (non-hydrogen) atoms. The highest BCUT2D eigenvalue weighted by Gasteiger charge is 2.44. The van der Waals surface area contributed by atoms with Crippen molar-refractivity contribution >= 4 is 40.3 Å². The molecule has 4 nitrogen and oxygen atoms in total. The highest BCUT2D eigenvalue weighted by atomic mass is 35.5. The van der Waals surface area contributed by atoms with Crippen LogP contribution >= 0.6 is 22.9 Å². The van der Waals surface area contributed by atoms with Crippen LogP contribution in [0.15, 0.2) is 83.4 Å². The molecule has 1 aliphatic heterocycles. The first-order chi connectivity index (χ1) is 14.1. The van der Waals surface area contributed by atoms with E-state index in [0.29, 0.717) is 17.1 Å². The summed E-state index contributed by atoms with van der Waals surface area (Å²) in [5.41, 5.74) is 1.77. The standard InChI is InChI=1S/C23H18ClNO3S/c24-16-9-11-17(12-10-16)25-21(19-7-4-14-29-19)20(22(27)23(25)28)18(26)13-8-15-5-2-1-3-6-15/h1-7,9-12,14,21,27H,8,13H2. The third-order valence-electron chi connectivity index (χ3n) is 4.91. The predicted octanol–water partition coefficient (Wildman–Crippen LogP) is 5.50. The lowest BCUT2D eigenvalue weighted by Gasteiger charge is -2.25. The number of aryl methyl sites for hydroxylation is 1. The quantitative estimate of drug-likeness (QED) is 0.569. The van der Waals surface area contributed by atoms with E-state index in [1.807, 2.05) is 47.8 Å². The van der Waals surface area contributed by atoms with Gasteiger partial charge in [0.1, 0.15) is 6.04 Å². The van der Waals surface area contributed by atoms with Crippen LogP contribution in [0.3, 0.4) is 0 Å². The summed E-state index contributed by atoms with van der Waals surface area (Å²) in [5.74, 6) is -1.28. The van der Waals surface area contributed by atoms with Gasteiger partial charge in [0.15, 0.2) is 11.5 Å². The van der Waals surface area contributed by atoms with Crippen LogP contribution in [0, 0.1) is 0 Å². The number of Topliss-reactive ketones (excluding diaryl/α,β-unsaturated/α-hetero) is 1. The number of carbonyl (C=O) groups is 2. The van der Waals surface area contributed by atoms with Crippen LogP contribution in [0.1, 0.15) is 22.9 Å². The summed E-state index contributed by atoms with van der Waals surface area (Å²) in [6.07, 6.45) is 0.760. The molecule has 4 rings (SSSR count). The molecule has 2 heterocycles. The summed E-state index contributed by atoms with van der Waals surface area (Å²) in [7, 11) is 0. The van der Waals surface area contributed by atoms with Crippen LogP contribution in [-0.4, -0.2) is 16.8 Å². The van der Waals surface area contributed by atoms with Gasteiger partial charge in [-0.1, -0.05) is 48.0 Å². The Labute approximate surface area is 177 Å². The molecule has 0 spiro atoms. The van der Waals surface area contributed by atoms with E-state index in [1.54, 1.807) is 24.3 Å². The number of hydrogen-bond donors (Lipinski definition) is 1. The molecule has 146 valence electrons. The number of hydrogen-bond acceptors (Lipinski definition) is 4. The van der Waals surface area contributed by atoms with Gasteiger partial charge in [0.05, 0.1) is 5.57 Å². The molecule has 1 aliphatic rings. The van der Waals surface area contributed by atoms with Gasteiger partial charge in [-0.25, -0.2) is 0 Å². The molecule has 0 radical (unpaired) electrons. The van der Waals surface area contributed by atoms with Crippen molar-refractivity contribution in [3.05, 3.63) is 98.9 Å². The van der Waals surface area contributed by atoms with E-state index in [-0.39, 0.29) is 17.8 Å². The summed E-state index contributed by atoms with van der Waals surface area (Å²) in [6.45, 7) is 0. The number of aliphatic hydroxyl groups excluding tert-OH is 1. The van der Waals surface area contributed by atoms with Crippen LogP contribution < -0.4 is 4.90 Å². The Kier molecular flexibility index (Phi) is 5.51. The first kappa shape index (κ1) is 19.4.